The molecule has 2 amide bonds. The lowest BCUT2D eigenvalue weighted by atomic mass is 9.82. The minimum Gasteiger partial charge on any atom is -0.457 e. The van der Waals surface area contributed by atoms with Crippen LogP contribution < -0.4 is 0 Å². The summed E-state index contributed by atoms with van der Waals surface area (Å²) in [6.45, 7) is 13.4. The van der Waals surface area contributed by atoms with Crippen molar-refractivity contribution in [1.29, 1.82) is 0 Å². The predicted octanol–water partition coefficient (Wildman–Crippen LogP) is 3.55. The molecule has 34 heavy (non-hydrogen) atoms. The van der Waals surface area contributed by atoms with Gasteiger partial charge in [0.25, 0.3) is 0 Å². The van der Waals surface area contributed by atoms with Crippen LogP contribution in [0.4, 0.5) is 4.79 Å². The zero-order valence-corrected chi connectivity index (χ0v) is 21.2. The third-order valence-electron chi connectivity index (χ3n) is 6.30. The monoisotopic (exact) mass is 484 g/mol. The van der Waals surface area contributed by atoms with E-state index in [9.17, 15) is 14.4 Å². The third-order valence-corrected chi connectivity index (χ3v) is 7.38. The van der Waals surface area contributed by atoms with Crippen LogP contribution in [-0.2, 0) is 30.0 Å². The van der Waals surface area contributed by atoms with Gasteiger partial charge in [0.05, 0.1) is 24.6 Å². The highest BCUT2D eigenvalue weighted by Crippen LogP contribution is 2.48. The van der Waals surface area contributed by atoms with Gasteiger partial charge in [-0.05, 0) is 49.7 Å². The highest BCUT2D eigenvalue weighted by molar-refractivity contribution is 6.69. The molecule has 0 saturated carbocycles. The van der Waals surface area contributed by atoms with Crippen molar-refractivity contribution in [2.24, 2.45) is 5.92 Å². The number of amides is 2. The van der Waals surface area contributed by atoms with E-state index in [0.29, 0.717) is 31.8 Å². The molecule has 8 nitrogen and oxygen atoms in total. The normalized spacial score (nSPS) is 22.9. The number of nitrogens with zero attached hydrogens (tertiary/aromatic N) is 2. The maximum Gasteiger partial charge on any atom is 0.410 e. The van der Waals surface area contributed by atoms with Crippen LogP contribution in [0, 0.1) is 5.92 Å². The van der Waals surface area contributed by atoms with Gasteiger partial charge >= 0.3 is 12.1 Å². The Bertz CT molecular complexity index is 1030. The summed E-state index contributed by atoms with van der Waals surface area (Å²) in [5.41, 5.74) is 2.93. The van der Waals surface area contributed by atoms with Crippen molar-refractivity contribution in [2.45, 2.75) is 51.7 Å². The van der Waals surface area contributed by atoms with Crippen molar-refractivity contribution in [3.8, 4) is 0 Å². The minimum absolute atomic E-state index is 0.0751. The van der Waals surface area contributed by atoms with Crippen molar-refractivity contribution in [3.63, 3.8) is 0 Å². The fourth-order valence-electron chi connectivity index (χ4n) is 4.94. The van der Waals surface area contributed by atoms with Crippen LogP contribution >= 0.6 is 0 Å². The number of ether oxygens (including phenoxy) is 2. The molecule has 3 aliphatic heterocycles. The smallest absolute Gasteiger partial charge is 0.410 e. The molecule has 9 heteroatoms. The fraction of sp³-hybridized carbons (Fsp3) is 0.480. The van der Waals surface area contributed by atoms with Crippen LogP contribution in [0.2, 0.25) is 19.6 Å². The molecule has 4 rings (SSSR count). The van der Waals surface area contributed by atoms with Crippen LogP contribution in [0.25, 0.3) is 5.57 Å². The van der Waals surface area contributed by atoms with E-state index >= 15 is 0 Å². The summed E-state index contributed by atoms with van der Waals surface area (Å²) in [5, 5.41) is 0. The highest BCUT2D eigenvalue weighted by atomic mass is 28.4. The van der Waals surface area contributed by atoms with E-state index in [2.05, 4.69) is 26.2 Å². The number of β-lactam (4-membered cyclic amide) rings is 1. The summed E-state index contributed by atoms with van der Waals surface area (Å²) >= 11 is 0. The van der Waals surface area contributed by atoms with Crippen molar-refractivity contribution < 1.29 is 28.3 Å². The maximum absolute atomic E-state index is 13.2. The van der Waals surface area contributed by atoms with Crippen molar-refractivity contribution in [3.05, 3.63) is 53.7 Å². The van der Waals surface area contributed by atoms with Gasteiger partial charge in [-0.3, -0.25) is 4.79 Å². The molecule has 0 bridgehead atoms. The van der Waals surface area contributed by atoms with E-state index in [-0.39, 0.29) is 36.7 Å². The number of fused-ring (bicyclic) bond motifs is 1. The Morgan fingerprint density at radius 1 is 1.26 bits per heavy atom. The predicted molar refractivity (Wildman–Crippen MR) is 129 cm³/mol. The van der Waals surface area contributed by atoms with Gasteiger partial charge in [0.2, 0.25) is 5.91 Å². The van der Waals surface area contributed by atoms with Crippen molar-refractivity contribution in [1.82, 2.24) is 9.80 Å². The molecule has 0 spiro atoms. The van der Waals surface area contributed by atoms with E-state index in [1.54, 1.807) is 9.80 Å². The number of hydrogen-bond donors (Lipinski definition) is 0. The second kappa shape index (κ2) is 9.38. The Morgan fingerprint density at radius 3 is 2.56 bits per heavy atom. The molecular formula is C25H32N2O6Si. The number of cyclic esters (lactones) is 1. The quantitative estimate of drug-likeness (QED) is 0.231. The molecule has 0 aromatic heterocycles. The Morgan fingerprint density at radius 2 is 1.97 bits per heavy atom. The van der Waals surface area contributed by atoms with Crippen LogP contribution in [0.15, 0.2) is 42.6 Å². The Kier molecular flexibility index (Phi) is 6.68. The number of hydrogen-bond acceptors (Lipinski definition) is 6. The van der Waals surface area contributed by atoms with Gasteiger partial charge < -0.3 is 23.7 Å². The highest BCUT2D eigenvalue weighted by Gasteiger charge is 2.57. The standard InChI is InChI=1S/C25H32N2O6Si/c1-6-12-31-24(29)22-19(14-20-21(23(28)27(20)22)16(2)33-34(3,4)5)18-9-7-17(8-10-18)15-26-11-13-32-25(26)30/h6-10,16,20-21H,1,11-15H2,2-5H3/t16-,20?,21-/m1/s1. The van der Waals surface area contributed by atoms with E-state index in [1.807, 2.05) is 31.2 Å². The molecule has 3 heterocycles. The SMILES string of the molecule is C=CCOC(=O)C1=C(c2ccc(CN3CCOC3=O)cc2)CC2[C@@H]([C@@H](C)O[Si](C)(C)C)C(=O)N12. The molecule has 3 atom stereocenters. The van der Waals surface area contributed by atoms with E-state index in [1.165, 1.54) is 6.08 Å². The third kappa shape index (κ3) is 4.67. The number of carbonyl (C=O) groups excluding carboxylic acids is 3. The van der Waals surface area contributed by atoms with E-state index < -0.39 is 14.3 Å². The second-order valence-electron chi connectivity index (χ2n) is 9.89. The minimum atomic E-state index is -1.83. The molecule has 0 N–H and O–H groups in total. The average molecular weight is 485 g/mol. The van der Waals surface area contributed by atoms with Gasteiger partial charge in [0, 0.05) is 6.54 Å². The molecule has 1 aromatic rings. The first kappa shape index (κ1) is 24.2. The van der Waals surface area contributed by atoms with Gasteiger partial charge in [0.1, 0.15) is 18.9 Å². The van der Waals surface area contributed by atoms with Crippen LogP contribution in [-0.4, -0.2) is 68.0 Å². The summed E-state index contributed by atoms with van der Waals surface area (Å²) in [7, 11) is -1.83. The second-order valence-corrected chi connectivity index (χ2v) is 14.3. The van der Waals surface area contributed by atoms with Gasteiger partial charge in [0.15, 0.2) is 8.32 Å². The maximum atomic E-state index is 13.2. The Hall–Kier alpha value is -2.91. The molecule has 0 radical (unpaired) electrons. The van der Waals surface area contributed by atoms with Gasteiger partial charge in [-0.25, -0.2) is 9.59 Å². The van der Waals surface area contributed by atoms with Gasteiger partial charge in [-0.15, -0.1) is 0 Å². The van der Waals surface area contributed by atoms with Crippen LogP contribution in [0.3, 0.4) is 0 Å². The molecule has 0 aliphatic carbocycles. The summed E-state index contributed by atoms with van der Waals surface area (Å²) in [4.78, 5) is 41.1. The molecular weight excluding hydrogens is 452 g/mol. The molecule has 182 valence electrons. The first-order valence-electron chi connectivity index (χ1n) is 11.6. The van der Waals surface area contributed by atoms with Crippen molar-refractivity contribution in [2.75, 3.05) is 19.8 Å². The van der Waals surface area contributed by atoms with E-state index in [4.69, 9.17) is 13.9 Å². The lowest BCUT2D eigenvalue weighted by Crippen LogP contribution is -2.63. The molecule has 1 aromatic carbocycles. The first-order valence-corrected chi connectivity index (χ1v) is 15.0. The number of esters is 1. The first-order chi connectivity index (χ1) is 16.1. The van der Waals surface area contributed by atoms with Gasteiger partial charge in [-0.1, -0.05) is 36.9 Å². The lowest BCUT2D eigenvalue weighted by molar-refractivity contribution is -0.161. The van der Waals surface area contributed by atoms with Gasteiger partial charge in [-0.2, -0.15) is 0 Å². The molecule has 2 saturated heterocycles. The summed E-state index contributed by atoms with van der Waals surface area (Å²) in [6.07, 6.45) is 1.55. The molecule has 2 fully saturated rings. The van der Waals surface area contributed by atoms with Crippen LogP contribution in [0.5, 0.6) is 0 Å². The Balaban J connectivity index is 1.58. The fourth-order valence-corrected chi connectivity index (χ4v) is 6.20. The summed E-state index contributed by atoms with van der Waals surface area (Å²) in [5.74, 6) is -0.904. The number of carbonyl (C=O) groups is 3. The largest absolute Gasteiger partial charge is 0.457 e. The zero-order valence-electron chi connectivity index (χ0n) is 20.2. The molecule has 1 unspecified atom stereocenters. The van der Waals surface area contributed by atoms with E-state index in [0.717, 1.165) is 16.7 Å². The van der Waals surface area contributed by atoms with Crippen LogP contribution in [0.1, 0.15) is 24.5 Å². The summed E-state index contributed by atoms with van der Waals surface area (Å²) in [6, 6.07) is 7.61. The average Bonchev–Trinajstić information content (AvgIpc) is 3.32. The number of rotatable bonds is 9. The molecule has 3 aliphatic rings. The lowest BCUT2D eigenvalue weighted by Gasteiger charge is -2.47. The van der Waals surface area contributed by atoms with Crippen molar-refractivity contribution >= 4 is 31.9 Å². The Labute approximate surface area is 201 Å². The number of benzene rings is 1. The topological polar surface area (TPSA) is 85.4 Å². The zero-order chi connectivity index (χ0) is 24.6. The summed E-state index contributed by atoms with van der Waals surface area (Å²) < 4.78 is 16.5.